The van der Waals surface area contributed by atoms with Crippen LogP contribution in [0.3, 0.4) is 0 Å². The fourth-order valence-electron chi connectivity index (χ4n) is 1.02. The van der Waals surface area contributed by atoms with E-state index in [1.54, 1.807) is 30.2 Å². The molecule has 0 fully saturated rings. The lowest BCUT2D eigenvalue weighted by Crippen LogP contribution is -2.13. The van der Waals surface area contributed by atoms with Crippen molar-refractivity contribution >= 4 is 23.4 Å². The van der Waals surface area contributed by atoms with Crippen molar-refractivity contribution in [3.05, 3.63) is 29.6 Å². The Kier molecular flexibility index (Phi) is 1.94. The van der Waals surface area contributed by atoms with Gasteiger partial charge in [0.1, 0.15) is 5.69 Å². The molecular formula is C8H7N3OS. The Balaban J connectivity index is 2.44. The second-order valence-electron chi connectivity index (χ2n) is 2.49. The number of pyridine rings is 1. The SMILES string of the molecule is NC(=O)c1cc2c(cn1)SC=CN2. The van der Waals surface area contributed by atoms with Gasteiger partial charge in [0.2, 0.25) is 0 Å². The average Bonchev–Trinajstić information content (AvgIpc) is 2.17. The summed E-state index contributed by atoms with van der Waals surface area (Å²) < 4.78 is 0. The van der Waals surface area contributed by atoms with Gasteiger partial charge in [-0.3, -0.25) is 4.79 Å². The Hall–Kier alpha value is -1.49. The van der Waals surface area contributed by atoms with Gasteiger partial charge in [-0.2, -0.15) is 0 Å². The summed E-state index contributed by atoms with van der Waals surface area (Å²) in [6, 6.07) is 1.65. The summed E-state index contributed by atoms with van der Waals surface area (Å²) in [6.45, 7) is 0. The molecule has 13 heavy (non-hydrogen) atoms. The highest BCUT2D eigenvalue weighted by Gasteiger charge is 2.09. The van der Waals surface area contributed by atoms with E-state index in [0.29, 0.717) is 0 Å². The van der Waals surface area contributed by atoms with Gasteiger partial charge in [0.15, 0.2) is 0 Å². The number of hydrogen-bond donors (Lipinski definition) is 2. The third-order valence-electron chi connectivity index (χ3n) is 1.62. The van der Waals surface area contributed by atoms with E-state index in [-0.39, 0.29) is 5.69 Å². The zero-order valence-corrected chi connectivity index (χ0v) is 7.47. The number of nitrogens with zero attached hydrogens (tertiary/aromatic N) is 1. The Morgan fingerprint density at radius 2 is 2.46 bits per heavy atom. The molecule has 0 atom stereocenters. The molecule has 1 aromatic heterocycles. The van der Waals surface area contributed by atoms with Gasteiger partial charge in [0, 0.05) is 12.4 Å². The van der Waals surface area contributed by atoms with Crippen LogP contribution in [-0.2, 0) is 0 Å². The first-order valence-electron chi connectivity index (χ1n) is 3.65. The molecule has 1 aliphatic rings. The molecule has 0 bridgehead atoms. The van der Waals surface area contributed by atoms with E-state index in [1.807, 2.05) is 5.41 Å². The summed E-state index contributed by atoms with van der Waals surface area (Å²) in [4.78, 5) is 15.7. The van der Waals surface area contributed by atoms with Crippen LogP contribution in [0.15, 0.2) is 28.8 Å². The quantitative estimate of drug-likeness (QED) is 0.702. The number of carbonyl (C=O) groups is 1. The third-order valence-corrected chi connectivity index (χ3v) is 2.47. The van der Waals surface area contributed by atoms with Crippen LogP contribution < -0.4 is 11.1 Å². The van der Waals surface area contributed by atoms with E-state index in [9.17, 15) is 4.79 Å². The number of nitrogens with two attached hydrogens (primary N) is 1. The van der Waals surface area contributed by atoms with Gasteiger partial charge in [-0.1, -0.05) is 11.8 Å². The van der Waals surface area contributed by atoms with Crippen LogP contribution in [-0.4, -0.2) is 10.9 Å². The van der Waals surface area contributed by atoms with E-state index >= 15 is 0 Å². The molecule has 1 amide bonds. The molecule has 66 valence electrons. The molecule has 0 unspecified atom stereocenters. The van der Waals surface area contributed by atoms with E-state index in [2.05, 4.69) is 10.3 Å². The first-order chi connectivity index (χ1) is 6.27. The summed E-state index contributed by atoms with van der Waals surface area (Å²) in [6.07, 6.45) is 3.44. The topological polar surface area (TPSA) is 68.0 Å². The van der Waals surface area contributed by atoms with Gasteiger partial charge < -0.3 is 11.1 Å². The van der Waals surface area contributed by atoms with Crippen molar-refractivity contribution in [1.29, 1.82) is 0 Å². The second-order valence-corrected chi connectivity index (χ2v) is 3.44. The van der Waals surface area contributed by atoms with Gasteiger partial charge >= 0.3 is 0 Å². The Labute approximate surface area is 79.2 Å². The van der Waals surface area contributed by atoms with Crippen molar-refractivity contribution in [2.75, 3.05) is 5.32 Å². The summed E-state index contributed by atoms with van der Waals surface area (Å²) in [5.41, 5.74) is 6.24. The van der Waals surface area contributed by atoms with Crippen molar-refractivity contribution in [3.63, 3.8) is 0 Å². The van der Waals surface area contributed by atoms with Crippen molar-refractivity contribution in [2.45, 2.75) is 4.90 Å². The first-order valence-corrected chi connectivity index (χ1v) is 4.53. The van der Waals surface area contributed by atoms with E-state index in [1.165, 1.54) is 0 Å². The minimum absolute atomic E-state index is 0.280. The standard InChI is InChI=1S/C8H7N3OS/c9-8(12)6-3-5-7(4-11-6)13-2-1-10-5/h1-4,10H,(H2,9,12). The van der Waals surface area contributed by atoms with Gasteiger partial charge in [-0.15, -0.1) is 0 Å². The maximum atomic E-state index is 10.8. The molecule has 1 aliphatic heterocycles. The molecule has 3 N–H and O–H groups in total. The van der Waals surface area contributed by atoms with Crippen molar-refractivity contribution < 1.29 is 4.79 Å². The number of primary amides is 1. The number of anilines is 1. The van der Waals surface area contributed by atoms with Crippen LogP contribution in [0.2, 0.25) is 0 Å². The molecule has 1 aromatic rings. The van der Waals surface area contributed by atoms with Crippen LogP contribution in [0.1, 0.15) is 10.5 Å². The highest BCUT2D eigenvalue weighted by Crippen LogP contribution is 2.30. The molecule has 0 aromatic carbocycles. The average molecular weight is 193 g/mol. The summed E-state index contributed by atoms with van der Waals surface area (Å²) in [5, 5.41) is 4.92. The highest BCUT2D eigenvalue weighted by molar-refractivity contribution is 8.02. The third kappa shape index (κ3) is 1.50. The zero-order chi connectivity index (χ0) is 9.26. The van der Waals surface area contributed by atoms with Crippen LogP contribution in [0.4, 0.5) is 5.69 Å². The predicted molar refractivity (Wildman–Crippen MR) is 51.4 cm³/mol. The zero-order valence-electron chi connectivity index (χ0n) is 6.65. The molecule has 0 saturated carbocycles. The lowest BCUT2D eigenvalue weighted by Gasteiger charge is -2.11. The number of fused-ring (bicyclic) bond motifs is 1. The van der Waals surface area contributed by atoms with Crippen LogP contribution >= 0.6 is 11.8 Å². The number of thioether (sulfide) groups is 1. The van der Waals surface area contributed by atoms with Gasteiger partial charge in [-0.05, 0) is 11.5 Å². The summed E-state index contributed by atoms with van der Waals surface area (Å²) >= 11 is 1.55. The lowest BCUT2D eigenvalue weighted by molar-refractivity contribution is 0.0995. The van der Waals surface area contributed by atoms with Gasteiger partial charge in [-0.25, -0.2) is 4.98 Å². The van der Waals surface area contributed by atoms with E-state index in [0.717, 1.165) is 10.6 Å². The fraction of sp³-hybridized carbons (Fsp3) is 0. The van der Waals surface area contributed by atoms with Crippen molar-refractivity contribution in [3.8, 4) is 0 Å². The minimum atomic E-state index is -0.510. The van der Waals surface area contributed by atoms with Gasteiger partial charge in [0.05, 0.1) is 10.6 Å². The Morgan fingerprint density at radius 1 is 1.62 bits per heavy atom. The largest absolute Gasteiger partial charge is 0.364 e. The number of hydrogen-bond acceptors (Lipinski definition) is 4. The molecule has 0 aliphatic carbocycles. The van der Waals surface area contributed by atoms with Crippen molar-refractivity contribution in [1.82, 2.24) is 4.98 Å². The van der Waals surface area contributed by atoms with E-state index in [4.69, 9.17) is 5.73 Å². The maximum Gasteiger partial charge on any atom is 0.267 e. The molecule has 2 heterocycles. The second kappa shape index (κ2) is 3.10. The van der Waals surface area contributed by atoms with Crippen LogP contribution in [0.25, 0.3) is 0 Å². The summed E-state index contributed by atoms with van der Waals surface area (Å²) in [5.74, 6) is -0.510. The predicted octanol–water partition coefficient (Wildman–Crippen LogP) is 1.17. The molecule has 2 rings (SSSR count). The summed E-state index contributed by atoms with van der Waals surface area (Å²) in [7, 11) is 0. The molecule has 0 spiro atoms. The number of nitrogens with one attached hydrogen (secondary N) is 1. The van der Waals surface area contributed by atoms with E-state index < -0.39 is 5.91 Å². The molecule has 0 radical (unpaired) electrons. The molecule has 5 heteroatoms. The smallest absolute Gasteiger partial charge is 0.267 e. The Morgan fingerprint density at radius 3 is 3.23 bits per heavy atom. The number of aromatic nitrogens is 1. The molecular weight excluding hydrogens is 186 g/mol. The first kappa shape index (κ1) is 8.12. The van der Waals surface area contributed by atoms with Crippen LogP contribution in [0, 0.1) is 0 Å². The van der Waals surface area contributed by atoms with Gasteiger partial charge in [0.25, 0.3) is 5.91 Å². The number of carbonyl (C=O) groups excluding carboxylic acids is 1. The Bertz CT molecular complexity index is 389. The molecule has 4 nitrogen and oxygen atoms in total. The molecule has 0 saturated heterocycles. The van der Waals surface area contributed by atoms with Crippen molar-refractivity contribution in [2.24, 2.45) is 5.73 Å². The number of amides is 1. The van der Waals surface area contributed by atoms with Crippen LogP contribution in [0.5, 0.6) is 0 Å². The minimum Gasteiger partial charge on any atom is -0.364 e. The maximum absolute atomic E-state index is 10.8. The fourth-order valence-corrected chi connectivity index (χ4v) is 1.66. The number of rotatable bonds is 1. The lowest BCUT2D eigenvalue weighted by atomic mass is 10.3. The monoisotopic (exact) mass is 193 g/mol. The highest BCUT2D eigenvalue weighted by atomic mass is 32.2. The normalized spacial score (nSPS) is 13.2.